The Bertz CT molecular complexity index is 1280. The van der Waals surface area contributed by atoms with E-state index in [0.29, 0.717) is 30.1 Å². The third kappa shape index (κ3) is 3.76. The van der Waals surface area contributed by atoms with Crippen LogP contribution in [0.2, 0.25) is 0 Å². The number of hydrogen-bond acceptors (Lipinski definition) is 10. The van der Waals surface area contributed by atoms with Crippen molar-refractivity contribution in [2.24, 2.45) is 23.5 Å². The number of likely N-dealkylation sites (N-methyl/N-ethyl adjacent to an activating group) is 1. The number of nitrogens with one attached hydrogen (secondary N) is 1. The highest BCUT2D eigenvalue weighted by Gasteiger charge is 2.68. The Hall–Kier alpha value is -3.25. The van der Waals surface area contributed by atoms with E-state index in [0.717, 1.165) is 0 Å². The van der Waals surface area contributed by atoms with Gasteiger partial charge in [-0.25, -0.2) is 0 Å². The zero-order valence-corrected chi connectivity index (χ0v) is 22.0. The molecule has 1 aromatic carbocycles. The number of carbonyl (C=O) groups excluding carboxylic acids is 3. The Morgan fingerprint density at radius 1 is 1.18 bits per heavy atom. The topological polar surface area (TPSA) is 194 Å². The summed E-state index contributed by atoms with van der Waals surface area (Å²) in [5, 5.41) is 59.9. The van der Waals surface area contributed by atoms with E-state index in [1.54, 1.807) is 19.1 Å². The standard InChI is InChI=1S/C27H35N3O8/c1-10(2)8-29-9-12-6-7-13-11(3)14-16(21(32)15(13)20(12)31)24(35)27(38)18(22(14)33)19(30(4)5)23(34)17(25(27)36)26(28)37/h6-7,10-11,14,18-19,22,29,31-33,36,38H,8-9H2,1-5H3,(H2,28,37)/t11-,14+,18+,19-,22-,27-/m1/s1. The second-order valence-electron chi connectivity index (χ2n) is 11.1. The molecule has 0 bridgehead atoms. The monoisotopic (exact) mass is 529 g/mol. The largest absolute Gasteiger partial charge is 0.508 e. The molecule has 3 aliphatic rings. The molecular formula is C27H35N3O8. The molecule has 0 heterocycles. The van der Waals surface area contributed by atoms with Crippen LogP contribution in [0, 0.1) is 17.8 Å². The lowest BCUT2D eigenvalue weighted by Gasteiger charge is -2.53. The van der Waals surface area contributed by atoms with Crippen LogP contribution in [0.1, 0.15) is 43.4 Å². The minimum Gasteiger partial charge on any atom is -0.508 e. The molecule has 1 saturated carbocycles. The minimum atomic E-state index is -2.92. The number of rotatable bonds is 6. The summed E-state index contributed by atoms with van der Waals surface area (Å²) in [6.07, 6.45) is -1.61. The SMILES string of the molecule is CC(C)CNCc1ccc2c(c1O)C(O)=C1C(=O)[C@@]3(O)C(O)=C(C(N)=O)C(=O)[C@H](N(C)C)[C@H]3[C@H](O)[C@H]1[C@@H]2C. The van der Waals surface area contributed by atoms with Gasteiger partial charge in [-0.15, -0.1) is 0 Å². The molecule has 0 radical (unpaired) electrons. The molecule has 8 N–H and O–H groups in total. The van der Waals surface area contributed by atoms with Gasteiger partial charge in [-0.3, -0.25) is 19.3 Å². The van der Waals surface area contributed by atoms with E-state index in [-0.39, 0.29) is 11.3 Å². The van der Waals surface area contributed by atoms with Crippen LogP contribution in [0.4, 0.5) is 0 Å². The van der Waals surface area contributed by atoms with Crippen molar-refractivity contribution < 1.29 is 39.9 Å². The van der Waals surface area contributed by atoms with Gasteiger partial charge in [0.05, 0.1) is 23.6 Å². The molecule has 0 aromatic heterocycles. The second kappa shape index (κ2) is 9.49. The number of amides is 1. The fraction of sp³-hybridized carbons (Fsp3) is 0.519. The Morgan fingerprint density at radius 3 is 2.37 bits per heavy atom. The van der Waals surface area contributed by atoms with Crippen LogP contribution < -0.4 is 11.1 Å². The molecule has 1 amide bonds. The van der Waals surface area contributed by atoms with E-state index >= 15 is 0 Å². The van der Waals surface area contributed by atoms with Gasteiger partial charge in [0.15, 0.2) is 11.4 Å². The third-order valence-corrected chi connectivity index (χ3v) is 8.08. The molecule has 6 atom stereocenters. The van der Waals surface area contributed by atoms with Gasteiger partial charge >= 0.3 is 0 Å². The number of primary amides is 1. The molecule has 38 heavy (non-hydrogen) atoms. The summed E-state index contributed by atoms with van der Waals surface area (Å²) in [7, 11) is 2.94. The number of ketones is 2. The smallest absolute Gasteiger partial charge is 0.255 e. The lowest BCUT2D eigenvalue weighted by Crippen LogP contribution is -2.70. The van der Waals surface area contributed by atoms with Crippen LogP contribution in [-0.4, -0.2) is 86.3 Å². The molecule has 0 spiro atoms. The van der Waals surface area contributed by atoms with Crippen LogP contribution in [0.15, 0.2) is 29.0 Å². The van der Waals surface area contributed by atoms with Gasteiger partial charge in [0.25, 0.3) is 5.91 Å². The molecular weight excluding hydrogens is 494 g/mol. The number of hydrogen-bond donors (Lipinski definition) is 7. The first kappa shape index (κ1) is 27.8. The van der Waals surface area contributed by atoms with Crippen molar-refractivity contribution in [1.29, 1.82) is 0 Å². The number of fused-ring (bicyclic) bond motifs is 3. The number of phenols is 1. The third-order valence-electron chi connectivity index (χ3n) is 8.08. The molecule has 3 aliphatic carbocycles. The quantitative estimate of drug-likeness (QED) is 0.251. The van der Waals surface area contributed by atoms with E-state index in [9.17, 15) is 39.9 Å². The summed E-state index contributed by atoms with van der Waals surface area (Å²) < 4.78 is 0. The normalized spacial score (nSPS) is 31.0. The number of carbonyl (C=O) groups is 3. The summed E-state index contributed by atoms with van der Waals surface area (Å²) in [5.41, 5.74) is 2.00. The van der Waals surface area contributed by atoms with Gasteiger partial charge in [-0.05, 0) is 38.0 Å². The Balaban J connectivity index is 1.94. The number of Topliss-reactive ketones (excluding diaryl/α,β-unsaturated/α-hetero) is 2. The lowest BCUT2D eigenvalue weighted by atomic mass is 9.54. The van der Waals surface area contributed by atoms with E-state index < -0.39 is 75.6 Å². The first-order valence-corrected chi connectivity index (χ1v) is 12.6. The number of aliphatic hydroxyl groups is 4. The molecule has 206 valence electrons. The zero-order valence-electron chi connectivity index (χ0n) is 22.0. The van der Waals surface area contributed by atoms with Crippen molar-refractivity contribution in [2.45, 2.75) is 51.0 Å². The number of benzene rings is 1. The number of nitrogens with zero attached hydrogens (tertiary/aromatic N) is 1. The molecule has 11 heteroatoms. The Kier molecular flexibility index (Phi) is 6.94. The van der Waals surface area contributed by atoms with Crippen molar-refractivity contribution in [2.75, 3.05) is 20.6 Å². The molecule has 11 nitrogen and oxygen atoms in total. The lowest BCUT2D eigenvalue weighted by molar-refractivity contribution is -0.169. The van der Waals surface area contributed by atoms with Gasteiger partial charge in [0.2, 0.25) is 5.78 Å². The van der Waals surface area contributed by atoms with E-state index in [2.05, 4.69) is 5.32 Å². The molecule has 0 unspecified atom stereocenters. The van der Waals surface area contributed by atoms with Crippen molar-refractivity contribution in [3.05, 3.63) is 45.7 Å². The number of nitrogens with two attached hydrogens (primary N) is 1. The number of phenolic OH excluding ortho intramolecular Hbond substituents is 1. The van der Waals surface area contributed by atoms with E-state index in [4.69, 9.17) is 5.73 Å². The van der Waals surface area contributed by atoms with Gasteiger partial charge in [-0.2, -0.15) is 0 Å². The minimum absolute atomic E-state index is 0.00941. The van der Waals surface area contributed by atoms with Crippen molar-refractivity contribution in [1.82, 2.24) is 10.2 Å². The summed E-state index contributed by atoms with van der Waals surface area (Å²) >= 11 is 0. The zero-order chi connectivity index (χ0) is 28.4. The van der Waals surface area contributed by atoms with E-state index in [1.807, 2.05) is 13.8 Å². The fourth-order valence-electron chi connectivity index (χ4n) is 6.30. The molecule has 0 saturated heterocycles. The first-order valence-electron chi connectivity index (χ1n) is 12.6. The van der Waals surface area contributed by atoms with Crippen LogP contribution in [0.5, 0.6) is 5.75 Å². The Labute approximate surface area is 220 Å². The Morgan fingerprint density at radius 2 is 1.82 bits per heavy atom. The molecule has 0 aliphatic heterocycles. The van der Waals surface area contributed by atoms with Gasteiger partial charge in [0, 0.05) is 23.6 Å². The van der Waals surface area contributed by atoms with Gasteiger partial charge in [0.1, 0.15) is 22.8 Å². The average Bonchev–Trinajstić information content (AvgIpc) is 2.82. The van der Waals surface area contributed by atoms with Crippen molar-refractivity contribution in [3.8, 4) is 5.75 Å². The van der Waals surface area contributed by atoms with Gasteiger partial charge in [-0.1, -0.05) is 32.9 Å². The number of aliphatic hydroxyl groups excluding tert-OH is 3. The maximum Gasteiger partial charge on any atom is 0.255 e. The molecule has 4 rings (SSSR count). The van der Waals surface area contributed by atoms with Crippen LogP contribution >= 0.6 is 0 Å². The highest BCUT2D eigenvalue weighted by molar-refractivity contribution is 6.24. The predicted octanol–water partition coefficient (Wildman–Crippen LogP) is 0.241. The molecule has 1 aromatic rings. The van der Waals surface area contributed by atoms with Crippen LogP contribution in [-0.2, 0) is 20.9 Å². The summed E-state index contributed by atoms with van der Waals surface area (Å²) in [5.74, 6) is -8.53. The predicted molar refractivity (Wildman–Crippen MR) is 137 cm³/mol. The maximum atomic E-state index is 14.0. The van der Waals surface area contributed by atoms with Crippen molar-refractivity contribution >= 4 is 23.2 Å². The second-order valence-corrected chi connectivity index (χ2v) is 11.1. The van der Waals surface area contributed by atoms with E-state index in [1.165, 1.54) is 19.0 Å². The highest BCUT2D eigenvalue weighted by atomic mass is 16.4. The highest BCUT2D eigenvalue weighted by Crippen LogP contribution is 2.56. The number of aromatic hydroxyl groups is 1. The molecule has 1 fully saturated rings. The summed E-state index contributed by atoms with van der Waals surface area (Å²) in [6.45, 7) is 6.73. The van der Waals surface area contributed by atoms with Crippen LogP contribution in [0.25, 0.3) is 5.76 Å². The summed E-state index contributed by atoms with van der Waals surface area (Å²) in [6, 6.07) is 2.02. The maximum absolute atomic E-state index is 14.0. The fourth-order valence-corrected chi connectivity index (χ4v) is 6.30. The summed E-state index contributed by atoms with van der Waals surface area (Å²) in [4.78, 5) is 40.6. The first-order chi connectivity index (χ1) is 17.7. The van der Waals surface area contributed by atoms with Crippen molar-refractivity contribution in [3.63, 3.8) is 0 Å². The van der Waals surface area contributed by atoms with Crippen LogP contribution in [0.3, 0.4) is 0 Å². The van der Waals surface area contributed by atoms with Gasteiger partial charge < -0.3 is 36.6 Å². The average molecular weight is 530 g/mol.